The Labute approximate surface area is 107 Å². The fourth-order valence-corrected chi connectivity index (χ4v) is 2.56. The molecule has 0 aliphatic carbocycles. The molecule has 96 valence electrons. The number of para-hydroxylation sites is 1. The molecule has 3 heteroatoms. The van der Waals surface area contributed by atoms with Crippen molar-refractivity contribution in [2.24, 2.45) is 11.7 Å². The van der Waals surface area contributed by atoms with Gasteiger partial charge < -0.3 is 10.7 Å². The third-order valence-corrected chi connectivity index (χ3v) is 3.26. The highest BCUT2D eigenvalue weighted by molar-refractivity contribution is 5.84. The highest BCUT2D eigenvalue weighted by Gasteiger charge is 2.19. The molecule has 2 aromatic rings. The Balaban J connectivity index is 2.37. The van der Waals surface area contributed by atoms with Crippen LogP contribution >= 0.6 is 0 Å². The molecule has 1 amide bonds. The number of fused-ring (bicyclic) bond motifs is 1. The molecule has 1 unspecified atom stereocenters. The quantitative estimate of drug-likeness (QED) is 0.833. The standard InChI is InChI=1S/C15H20N2O/c1-10(2)7-11(8-15(16)18)13-9-17-14-6-4-3-5-12(13)14/h3-6,9-11,17H,7-8H2,1-2H3,(H2,16,18). The smallest absolute Gasteiger partial charge is 0.218 e. The molecular formula is C15H20N2O. The lowest BCUT2D eigenvalue weighted by molar-refractivity contribution is -0.118. The summed E-state index contributed by atoms with van der Waals surface area (Å²) in [6.07, 6.45) is 3.41. The van der Waals surface area contributed by atoms with Gasteiger partial charge in [0, 0.05) is 23.5 Å². The molecule has 0 bridgehead atoms. The number of rotatable bonds is 5. The summed E-state index contributed by atoms with van der Waals surface area (Å²) >= 11 is 0. The van der Waals surface area contributed by atoms with Gasteiger partial charge in [-0.1, -0.05) is 32.0 Å². The Morgan fingerprint density at radius 2 is 2.06 bits per heavy atom. The summed E-state index contributed by atoms with van der Waals surface area (Å²) in [6.45, 7) is 4.34. The van der Waals surface area contributed by atoms with Gasteiger partial charge in [0.05, 0.1) is 0 Å². The van der Waals surface area contributed by atoms with E-state index in [4.69, 9.17) is 5.73 Å². The van der Waals surface area contributed by atoms with E-state index < -0.39 is 0 Å². The minimum absolute atomic E-state index is 0.207. The van der Waals surface area contributed by atoms with Crippen LogP contribution in [-0.2, 0) is 4.79 Å². The first kappa shape index (κ1) is 12.7. The maximum atomic E-state index is 11.2. The van der Waals surface area contributed by atoms with Crippen molar-refractivity contribution in [1.82, 2.24) is 4.98 Å². The Bertz CT molecular complexity index is 542. The van der Waals surface area contributed by atoms with Crippen molar-refractivity contribution in [3.63, 3.8) is 0 Å². The van der Waals surface area contributed by atoms with Crippen LogP contribution in [0.4, 0.5) is 0 Å². The van der Waals surface area contributed by atoms with Crippen LogP contribution < -0.4 is 5.73 Å². The first-order valence-corrected chi connectivity index (χ1v) is 6.42. The number of amides is 1. The van der Waals surface area contributed by atoms with E-state index >= 15 is 0 Å². The molecule has 1 aromatic heterocycles. The zero-order chi connectivity index (χ0) is 13.1. The van der Waals surface area contributed by atoms with Gasteiger partial charge in [0.25, 0.3) is 0 Å². The predicted octanol–water partition coefficient (Wildman–Crippen LogP) is 3.17. The first-order valence-electron chi connectivity index (χ1n) is 6.42. The number of benzene rings is 1. The highest BCUT2D eigenvalue weighted by Crippen LogP contribution is 2.32. The lowest BCUT2D eigenvalue weighted by Gasteiger charge is -2.17. The highest BCUT2D eigenvalue weighted by atomic mass is 16.1. The van der Waals surface area contributed by atoms with Gasteiger partial charge in [-0.3, -0.25) is 4.79 Å². The molecule has 0 aliphatic rings. The van der Waals surface area contributed by atoms with Gasteiger partial charge in [-0.25, -0.2) is 0 Å². The molecule has 2 rings (SSSR count). The lowest BCUT2D eigenvalue weighted by atomic mass is 9.87. The summed E-state index contributed by atoms with van der Waals surface area (Å²) in [5.41, 5.74) is 7.69. The van der Waals surface area contributed by atoms with E-state index in [1.165, 1.54) is 10.9 Å². The minimum Gasteiger partial charge on any atom is -0.370 e. The second-order valence-corrected chi connectivity index (χ2v) is 5.29. The second-order valence-electron chi connectivity index (χ2n) is 5.29. The molecule has 0 fully saturated rings. The summed E-state index contributed by atoms with van der Waals surface area (Å²) in [5.74, 6) is 0.521. The number of carbonyl (C=O) groups is 1. The molecule has 0 spiro atoms. The Kier molecular flexibility index (Phi) is 3.70. The van der Waals surface area contributed by atoms with Crippen molar-refractivity contribution in [1.29, 1.82) is 0 Å². The third kappa shape index (κ3) is 2.73. The van der Waals surface area contributed by atoms with Crippen LogP contribution in [0.15, 0.2) is 30.5 Å². The van der Waals surface area contributed by atoms with Crippen LogP contribution in [0.3, 0.4) is 0 Å². The van der Waals surface area contributed by atoms with Gasteiger partial charge >= 0.3 is 0 Å². The number of primary amides is 1. The number of H-pyrrole nitrogens is 1. The van der Waals surface area contributed by atoms with Crippen molar-refractivity contribution in [3.8, 4) is 0 Å². The Morgan fingerprint density at radius 1 is 1.33 bits per heavy atom. The summed E-state index contributed by atoms with van der Waals surface area (Å²) in [5, 5.41) is 1.20. The van der Waals surface area contributed by atoms with Crippen LogP contribution in [0.1, 0.15) is 38.2 Å². The fraction of sp³-hybridized carbons (Fsp3) is 0.400. The zero-order valence-corrected chi connectivity index (χ0v) is 10.9. The summed E-state index contributed by atoms with van der Waals surface area (Å²) in [4.78, 5) is 14.5. The van der Waals surface area contributed by atoms with E-state index in [9.17, 15) is 4.79 Å². The molecule has 1 aromatic carbocycles. The SMILES string of the molecule is CC(C)CC(CC(N)=O)c1c[nH]c2ccccc12. The van der Waals surface area contributed by atoms with E-state index in [-0.39, 0.29) is 11.8 Å². The van der Waals surface area contributed by atoms with Gasteiger partial charge in [-0.2, -0.15) is 0 Å². The Morgan fingerprint density at radius 3 is 2.72 bits per heavy atom. The third-order valence-electron chi connectivity index (χ3n) is 3.26. The number of aromatic nitrogens is 1. The Hall–Kier alpha value is -1.77. The number of hydrogen-bond acceptors (Lipinski definition) is 1. The number of carbonyl (C=O) groups excluding carboxylic acids is 1. The molecule has 3 nitrogen and oxygen atoms in total. The lowest BCUT2D eigenvalue weighted by Crippen LogP contribution is -2.16. The molecule has 0 saturated carbocycles. The predicted molar refractivity (Wildman–Crippen MR) is 74.3 cm³/mol. The van der Waals surface area contributed by atoms with Crippen LogP contribution in [0.25, 0.3) is 10.9 Å². The summed E-state index contributed by atoms with van der Waals surface area (Å²) in [7, 11) is 0. The average Bonchev–Trinajstić information content (AvgIpc) is 2.70. The fourth-order valence-electron chi connectivity index (χ4n) is 2.56. The second kappa shape index (κ2) is 5.25. The number of nitrogens with one attached hydrogen (secondary N) is 1. The molecular weight excluding hydrogens is 224 g/mol. The maximum Gasteiger partial charge on any atom is 0.218 e. The van der Waals surface area contributed by atoms with Crippen molar-refractivity contribution < 1.29 is 4.79 Å². The molecule has 18 heavy (non-hydrogen) atoms. The van der Waals surface area contributed by atoms with E-state index in [0.29, 0.717) is 12.3 Å². The van der Waals surface area contributed by atoms with Crippen LogP contribution in [0, 0.1) is 5.92 Å². The monoisotopic (exact) mass is 244 g/mol. The topological polar surface area (TPSA) is 58.9 Å². The largest absolute Gasteiger partial charge is 0.370 e. The molecule has 1 atom stereocenters. The normalized spacial score (nSPS) is 13.1. The van der Waals surface area contributed by atoms with Crippen molar-refractivity contribution in [3.05, 3.63) is 36.0 Å². The number of hydrogen-bond donors (Lipinski definition) is 2. The van der Waals surface area contributed by atoms with E-state index in [1.807, 2.05) is 18.3 Å². The van der Waals surface area contributed by atoms with Gasteiger partial charge in [0.2, 0.25) is 5.91 Å². The van der Waals surface area contributed by atoms with Gasteiger partial charge in [0.1, 0.15) is 0 Å². The number of aromatic amines is 1. The summed E-state index contributed by atoms with van der Waals surface area (Å²) in [6, 6.07) is 8.18. The van der Waals surface area contributed by atoms with Crippen molar-refractivity contribution in [2.75, 3.05) is 0 Å². The van der Waals surface area contributed by atoms with Gasteiger partial charge in [-0.05, 0) is 29.9 Å². The number of nitrogens with two attached hydrogens (primary N) is 1. The molecule has 1 heterocycles. The van der Waals surface area contributed by atoms with Gasteiger partial charge in [0.15, 0.2) is 0 Å². The summed E-state index contributed by atoms with van der Waals surface area (Å²) < 4.78 is 0. The molecule has 3 N–H and O–H groups in total. The van der Waals surface area contributed by atoms with Crippen LogP contribution in [-0.4, -0.2) is 10.9 Å². The average molecular weight is 244 g/mol. The maximum absolute atomic E-state index is 11.2. The first-order chi connectivity index (χ1) is 8.58. The zero-order valence-electron chi connectivity index (χ0n) is 10.9. The van der Waals surface area contributed by atoms with E-state index in [1.54, 1.807) is 0 Å². The molecule has 0 saturated heterocycles. The molecule has 0 aliphatic heterocycles. The van der Waals surface area contributed by atoms with E-state index in [0.717, 1.165) is 11.9 Å². The van der Waals surface area contributed by atoms with Crippen LogP contribution in [0.2, 0.25) is 0 Å². The van der Waals surface area contributed by atoms with Crippen molar-refractivity contribution in [2.45, 2.75) is 32.6 Å². The molecule has 0 radical (unpaired) electrons. The van der Waals surface area contributed by atoms with Crippen molar-refractivity contribution >= 4 is 16.8 Å². The minimum atomic E-state index is -0.231. The van der Waals surface area contributed by atoms with Crippen LogP contribution in [0.5, 0.6) is 0 Å². The van der Waals surface area contributed by atoms with Gasteiger partial charge in [-0.15, -0.1) is 0 Å². The van der Waals surface area contributed by atoms with E-state index in [2.05, 4.69) is 31.0 Å².